The second kappa shape index (κ2) is 7.16. The molecule has 1 aromatic rings. The van der Waals surface area contributed by atoms with Crippen molar-refractivity contribution in [3.63, 3.8) is 0 Å². The fourth-order valence-corrected chi connectivity index (χ4v) is 2.14. The Morgan fingerprint density at radius 1 is 1.21 bits per heavy atom. The van der Waals surface area contributed by atoms with Gasteiger partial charge in [0, 0.05) is 6.04 Å². The Bertz CT molecular complexity index is 391. The fourth-order valence-electron chi connectivity index (χ4n) is 2.14. The van der Waals surface area contributed by atoms with Gasteiger partial charge in [0.15, 0.2) is 5.82 Å². The second-order valence-electron chi connectivity index (χ2n) is 5.12. The Labute approximate surface area is 116 Å². The molecule has 0 spiro atoms. The topological polar surface area (TPSA) is 73.1 Å². The maximum absolute atomic E-state index is 6.05. The van der Waals surface area contributed by atoms with Crippen LogP contribution in [0.25, 0.3) is 0 Å². The van der Waals surface area contributed by atoms with Crippen molar-refractivity contribution < 1.29 is 4.74 Å². The molecule has 108 valence electrons. The second-order valence-corrected chi connectivity index (χ2v) is 5.12. The number of anilines is 2. The Morgan fingerprint density at radius 2 is 1.84 bits per heavy atom. The smallest absolute Gasteiger partial charge is 0.242 e. The Morgan fingerprint density at radius 3 is 2.37 bits per heavy atom. The highest BCUT2D eigenvalue weighted by Crippen LogP contribution is 2.27. The highest BCUT2D eigenvalue weighted by Gasteiger charge is 2.17. The predicted molar refractivity (Wildman–Crippen MR) is 79.4 cm³/mol. The minimum absolute atomic E-state index is 0.0431. The van der Waals surface area contributed by atoms with E-state index < -0.39 is 0 Å². The van der Waals surface area contributed by atoms with Crippen LogP contribution in [-0.2, 0) is 0 Å². The molecule has 5 heteroatoms. The molecule has 1 atom stereocenters. The van der Waals surface area contributed by atoms with Crippen LogP contribution in [0, 0.1) is 5.92 Å². The summed E-state index contributed by atoms with van der Waals surface area (Å²) < 4.78 is 5.56. The van der Waals surface area contributed by atoms with Gasteiger partial charge in [-0.05, 0) is 26.7 Å². The van der Waals surface area contributed by atoms with Gasteiger partial charge in [0.2, 0.25) is 5.88 Å². The summed E-state index contributed by atoms with van der Waals surface area (Å²) >= 11 is 0. The van der Waals surface area contributed by atoms with Gasteiger partial charge in [0.25, 0.3) is 0 Å². The van der Waals surface area contributed by atoms with Crippen molar-refractivity contribution in [1.82, 2.24) is 9.97 Å². The first-order valence-corrected chi connectivity index (χ1v) is 7.03. The molecule has 3 N–H and O–H groups in total. The molecule has 5 nitrogen and oxygen atoms in total. The molecular formula is C14H26N4O. The molecule has 0 amide bonds. The molecule has 19 heavy (non-hydrogen) atoms. The molecule has 0 saturated heterocycles. The standard InChI is InChI=1S/C14H26N4O/c1-6-11(7-2)10(5)18-13-12(15)14(17-8-16-13)19-9(3)4/h8-11H,6-7,15H2,1-5H3,(H,16,17,18). The molecule has 0 bridgehead atoms. The average Bonchev–Trinajstić information content (AvgIpc) is 2.35. The van der Waals surface area contributed by atoms with Gasteiger partial charge in [-0.15, -0.1) is 0 Å². The first-order chi connectivity index (χ1) is 8.99. The maximum atomic E-state index is 6.05. The summed E-state index contributed by atoms with van der Waals surface area (Å²) in [6.45, 7) is 10.4. The van der Waals surface area contributed by atoms with Crippen molar-refractivity contribution in [2.24, 2.45) is 5.92 Å². The number of ether oxygens (including phenoxy) is 1. The Hall–Kier alpha value is -1.52. The molecule has 0 aliphatic heterocycles. The lowest BCUT2D eigenvalue weighted by Crippen LogP contribution is -2.26. The quantitative estimate of drug-likeness (QED) is 0.793. The largest absolute Gasteiger partial charge is 0.473 e. The summed E-state index contributed by atoms with van der Waals surface area (Å²) in [5, 5.41) is 3.37. The van der Waals surface area contributed by atoms with Crippen molar-refractivity contribution in [3.8, 4) is 5.88 Å². The van der Waals surface area contributed by atoms with Crippen molar-refractivity contribution in [1.29, 1.82) is 0 Å². The van der Waals surface area contributed by atoms with Crippen LogP contribution in [0.4, 0.5) is 11.5 Å². The van der Waals surface area contributed by atoms with Crippen molar-refractivity contribution >= 4 is 11.5 Å². The molecule has 0 saturated carbocycles. The monoisotopic (exact) mass is 266 g/mol. The summed E-state index contributed by atoms with van der Waals surface area (Å²) in [6.07, 6.45) is 3.79. The summed E-state index contributed by atoms with van der Waals surface area (Å²) in [7, 11) is 0. The third-order valence-corrected chi connectivity index (χ3v) is 3.31. The molecule has 1 heterocycles. The molecule has 0 radical (unpaired) electrons. The van der Waals surface area contributed by atoms with Crippen LogP contribution in [-0.4, -0.2) is 22.1 Å². The van der Waals surface area contributed by atoms with E-state index >= 15 is 0 Å². The lowest BCUT2D eigenvalue weighted by atomic mass is 9.95. The fraction of sp³-hybridized carbons (Fsp3) is 0.714. The van der Waals surface area contributed by atoms with Crippen LogP contribution < -0.4 is 15.8 Å². The SMILES string of the molecule is CCC(CC)C(C)Nc1ncnc(OC(C)C)c1N. The van der Waals surface area contributed by atoms with Gasteiger partial charge in [-0.1, -0.05) is 26.7 Å². The van der Waals surface area contributed by atoms with Crippen LogP contribution >= 0.6 is 0 Å². The first-order valence-electron chi connectivity index (χ1n) is 7.03. The van der Waals surface area contributed by atoms with E-state index in [4.69, 9.17) is 10.5 Å². The van der Waals surface area contributed by atoms with Gasteiger partial charge in [-0.3, -0.25) is 0 Å². The van der Waals surface area contributed by atoms with Crippen molar-refractivity contribution in [3.05, 3.63) is 6.33 Å². The number of nitrogens with one attached hydrogen (secondary N) is 1. The van der Waals surface area contributed by atoms with E-state index in [2.05, 4.69) is 36.1 Å². The van der Waals surface area contributed by atoms with E-state index in [1.807, 2.05) is 13.8 Å². The zero-order valence-corrected chi connectivity index (χ0v) is 12.6. The summed E-state index contributed by atoms with van der Waals surface area (Å²) in [5.41, 5.74) is 6.53. The predicted octanol–water partition coefficient (Wildman–Crippen LogP) is 3.08. The summed E-state index contributed by atoms with van der Waals surface area (Å²) in [6, 6.07) is 0.319. The number of hydrogen-bond acceptors (Lipinski definition) is 5. The first kappa shape index (κ1) is 15.5. The van der Waals surface area contributed by atoms with E-state index in [9.17, 15) is 0 Å². The highest BCUT2D eigenvalue weighted by molar-refractivity contribution is 5.66. The average molecular weight is 266 g/mol. The van der Waals surface area contributed by atoms with E-state index in [1.165, 1.54) is 6.33 Å². The number of rotatable bonds is 7. The minimum atomic E-state index is 0.0431. The van der Waals surface area contributed by atoms with E-state index in [-0.39, 0.29) is 6.10 Å². The van der Waals surface area contributed by atoms with Gasteiger partial charge in [0.1, 0.15) is 12.0 Å². The Balaban J connectivity index is 2.84. The number of nitrogens with zero attached hydrogens (tertiary/aromatic N) is 2. The van der Waals surface area contributed by atoms with Gasteiger partial charge in [-0.25, -0.2) is 4.98 Å². The lowest BCUT2D eigenvalue weighted by Gasteiger charge is -2.24. The number of aromatic nitrogens is 2. The molecule has 0 aromatic carbocycles. The molecule has 0 fully saturated rings. The third-order valence-electron chi connectivity index (χ3n) is 3.31. The van der Waals surface area contributed by atoms with Crippen LogP contribution in [0.3, 0.4) is 0 Å². The van der Waals surface area contributed by atoms with E-state index in [1.54, 1.807) is 0 Å². The zero-order valence-electron chi connectivity index (χ0n) is 12.6. The van der Waals surface area contributed by atoms with Gasteiger partial charge < -0.3 is 15.8 Å². The van der Waals surface area contributed by atoms with Crippen LogP contribution in [0.15, 0.2) is 6.33 Å². The maximum Gasteiger partial charge on any atom is 0.242 e. The third kappa shape index (κ3) is 4.26. The van der Waals surface area contributed by atoms with Crippen LogP contribution in [0.1, 0.15) is 47.5 Å². The zero-order chi connectivity index (χ0) is 14.4. The van der Waals surface area contributed by atoms with E-state index in [0.29, 0.717) is 29.3 Å². The molecule has 0 aliphatic rings. The van der Waals surface area contributed by atoms with Gasteiger partial charge in [0.05, 0.1) is 6.10 Å². The van der Waals surface area contributed by atoms with E-state index in [0.717, 1.165) is 12.8 Å². The van der Waals surface area contributed by atoms with Crippen molar-refractivity contribution in [2.75, 3.05) is 11.1 Å². The number of nitrogens with two attached hydrogens (primary N) is 1. The van der Waals surface area contributed by atoms with Gasteiger partial charge >= 0.3 is 0 Å². The molecule has 1 rings (SSSR count). The van der Waals surface area contributed by atoms with Crippen LogP contribution in [0.5, 0.6) is 5.88 Å². The summed E-state index contributed by atoms with van der Waals surface area (Å²) in [4.78, 5) is 8.28. The summed E-state index contributed by atoms with van der Waals surface area (Å²) in [5.74, 6) is 1.71. The highest BCUT2D eigenvalue weighted by atomic mass is 16.5. The Kier molecular flexibility index (Phi) is 5.86. The number of nitrogen functional groups attached to an aromatic ring is 1. The minimum Gasteiger partial charge on any atom is -0.473 e. The van der Waals surface area contributed by atoms with Crippen molar-refractivity contribution in [2.45, 2.75) is 59.6 Å². The molecule has 1 aromatic heterocycles. The molecular weight excluding hydrogens is 240 g/mol. The number of hydrogen-bond donors (Lipinski definition) is 2. The molecule has 0 aliphatic carbocycles. The normalized spacial score (nSPS) is 12.8. The van der Waals surface area contributed by atoms with Gasteiger partial charge in [-0.2, -0.15) is 4.98 Å². The van der Waals surface area contributed by atoms with Crippen LogP contribution in [0.2, 0.25) is 0 Å². The molecule has 1 unspecified atom stereocenters. The lowest BCUT2D eigenvalue weighted by molar-refractivity contribution is 0.234.